The molecule has 1 rings (SSSR count). The number of rotatable bonds is 12. The van der Waals surface area contributed by atoms with Crippen LogP contribution in [0.5, 0.6) is 0 Å². The van der Waals surface area contributed by atoms with E-state index in [1.165, 1.54) is 0 Å². The summed E-state index contributed by atoms with van der Waals surface area (Å²) in [4.78, 5) is 2.46. The maximum absolute atomic E-state index is 5.84. The van der Waals surface area contributed by atoms with Gasteiger partial charge in [-0.2, -0.15) is 0 Å². The van der Waals surface area contributed by atoms with Crippen LogP contribution in [0.3, 0.4) is 0 Å². The highest BCUT2D eigenvalue weighted by molar-refractivity contribution is 4.67. The van der Waals surface area contributed by atoms with E-state index in [9.17, 15) is 0 Å². The lowest BCUT2D eigenvalue weighted by molar-refractivity contribution is -0.0250. The summed E-state index contributed by atoms with van der Waals surface area (Å²) < 4.78 is 22.3. The monoisotopic (exact) mass is 317 g/mol. The van der Waals surface area contributed by atoms with Gasteiger partial charge in [-0.3, -0.25) is 4.90 Å². The summed E-state index contributed by atoms with van der Waals surface area (Å²) in [6.45, 7) is 15.3. The maximum atomic E-state index is 5.84. The average Bonchev–Trinajstić information content (AvgIpc) is 2.47. The van der Waals surface area contributed by atoms with Crippen LogP contribution in [0.1, 0.15) is 40.5 Å². The molecule has 1 fully saturated rings. The van der Waals surface area contributed by atoms with Crippen molar-refractivity contribution >= 4 is 0 Å². The molecule has 0 radical (unpaired) electrons. The Hall–Kier alpha value is -0.200. The Balaban J connectivity index is 1.87. The van der Waals surface area contributed by atoms with Crippen LogP contribution in [-0.4, -0.2) is 75.9 Å². The molecule has 22 heavy (non-hydrogen) atoms. The lowest BCUT2D eigenvalue weighted by Gasteiger charge is -2.31. The summed E-state index contributed by atoms with van der Waals surface area (Å²) in [7, 11) is 0. The Labute approximate surface area is 136 Å². The van der Waals surface area contributed by atoms with Gasteiger partial charge in [0, 0.05) is 32.8 Å². The van der Waals surface area contributed by atoms with E-state index in [1.54, 1.807) is 0 Å². The fourth-order valence-corrected chi connectivity index (χ4v) is 2.44. The molecule has 0 aromatic heterocycles. The Morgan fingerprint density at radius 3 is 2.64 bits per heavy atom. The Bertz CT molecular complexity index is 263. The van der Waals surface area contributed by atoms with Gasteiger partial charge < -0.3 is 18.9 Å². The molecule has 0 aromatic rings. The van der Waals surface area contributed by atoms with Crippen molar-refractivity contribution in [3.05, 3.63) is 0 Å². The van der Waals surface area contributed by atoms with Gasteiger partial charge in [0.25, 0.3) is 0 Å². The smallest absolute Gasteiger partial charge is 0.0703 e. The van der Waals surface area contributed by atoms with Crippen LogP contribution in [0.15, 0.2) is 0 Å². The third-order valence-corrected chi connectivity index (χ3v) is 3.69. The van der Waals surface area contributed by atoms with Gasteiger partial charge in [-0.25, -0.2) is 0 Å². The van der Waals surface area contributed by atoms with Gasteiger partial charge in [0.15, 0.2) is 0 Å². The molecule has 0 spiro atoms. The minimum absolute atomic E-state index is 0.259. The van der Waals surface area contributed by atoms with Crippen molar-refractivity contribution in [2.24, 2.45) is 0 Å². The molecule has 1 saturated heterocycles. The van der Waals surface area contributed by atoms with E-state index >= 15 is 0 Å². The minimum Gasteiger partial charge on any atom is -0.379 e. The standard InChI is InChI=1S/C17H35NO4/c1-15(2)20-13-12-19-10-6-16(3)21-9-5-7-18-8-11-22-17(4)14-18/h15-17H,5-14H2,1-4H3. The van der Waals surface area contributed by atoms with E-state index in [0.29, 0.717) is 19.3 Å². The van der Waals surface area contributed by atoms with Gasteiger partial charge in [-0.15, -0.1) is 0 Å². The normalized spacial score (nSPS) is 21.4. The second-order valence-corrected chi connectivity index (χ2v) is 6.34. The van der Waals surface area contributed by atoms with E-state index in [0.717, 1.165) is 52.3 Å². The van der Waals surface area contributed by atoms with Crippen molar-refractivity contribution in [1.82, 2.24) is 4.90 Å². The number of nitrogens with zero attached hydrogens (tertiary/aromatic N) is 1. The van der Waals surface area contributed by atoms with Crippen LogP contribution in [0.25, 0.3) is 0 Å². The molecule has 1 aliphatic rings. The number of morpholine rings is 1. The molecule has 0 aromatic carbocycles. The predicted octanol–water partition coefficient (Wildman–Crippen LogP) is 2.33. The molecule has 2 unspecified atom stereocenters. The highest BCUT2D eigenvalue weighted by atomic mass is 16.5. The van der Waals surface area contributed by atoms with Crippen molar-refractivity contribution in [3.63, 3.8) is 0 Å². The van der Waals surface area contributed by atoms with Gasteiger partial charge in [-0.1, -0.05) is 0 Å². The Kier molecular flexibility index (Phi) is 11.1. The second kappa shape index (κ2) is 12.3. The minimum atomic E-state index is 0.259. The number of hydrogen-bond donors (Lipinski definition) is 0. The van der Waals surface area contributed by atoms with E-state index in [4.69, 9.17) is 18.9 Å². The maximum Gasteiger partial charge on any atom is 0.0703 e. The van der Waals surface area contributed by atoms with Gasteiger partial charge >= 0.3 is 0 Å². The largest absolute Gasteiger partial charge is 0.379 e. The third-order valence-electron chi connectivity index (χ3n) is 3.69. The van der Waals surface area contributed by atoms with Crippen LogP contribution in [-0.2, 0) is 18.9 Å². The zero-order chi connectivity index (χ0) is 16.2. The summed E-state index contributed by atoms with van der Waals surface area (Å²) >= 11 is 0. The van der Waals surface area contributed by atoms with Crippen molar-refractivity contribution in [2.75, 3.05) is 52.7 Å². The topological polar surface area (TPSA) is 40.2 Å². The average molecular weight is 317 g/mol. The van der Waals surface area contributed by atoms with Gasteiger partial charge in [0.05, 0.1) is 38.1 Å². The van der Waals surface area contributed by atoms with Crippen LogP contribution >= 0.6 is 0 Å². The first kappa shape index (κ1) is 19.8. The highest BCUT2D eigenvalue weighted by Gasteiger charge is 2.15. The van der Waals surface area contributed by atoms with Crippen molar-refractivity contribution in [1.29, 1.82) is 0 Å². The van der Waals surface area contributed by atoms with E-state index in [1.807, 2.05) is 13.8 Å². The molecule has 2 atom stereocenters. The van der Waals surface area contributed by atoms with Gasteiger partial charge in [0.1, 0.15) is 0 Å². The summed E-state index contributed by atoms with van der Waals surface area (Å²) in [6.07, 6.45) is 2.93. The molecule has 5 heteroatoms. The predicted molar refractivity (Wildman–Crippen MR) is 88.4 cm³/mol. The van der Waals surface area contributed by atoms with Crippen molar-refractivity contribution in [2.45, 2.75) is 58.8 Å². The molecule has 1 heterocycles. The molecule has 0 amide bonds. The summed E-state index contributed by atoms with van der Waals surface area (Å²) in [6, 6.07) is 0. The van der Waals surface area contributed by atoms with E-state index < -0.39 is 0 Å². The lowest BCUT2D eigenvalue weighted by Crippen LogP contribution is -2.41. The molecule has 0 saturated carbocycles. The first-order valence-electron chi connectivity index (χ1n) is 8.73. The molecule has 1 aliphatic heterocycles. The van der Waals surface area contributed by atoms with Crippen LogP contribution in [0, 0.1) is 0 Å². The van der Waals surface area contributed by atoms with Gasteiger partial charge in [-0.05, 0) is 40.5 Å². The zero-order valence-corrected chi connectivity index (χ0v) is 14.9. The first-order valence-corrected chi connectivity index (χ1v) is 8.73. The Morgan fingerprint density at radius 1 is 1.09 bits per heavy atom. The molecular weight excluding hydrogens is 282 g/mol. The SMILES string of the molecule is CC(C)OCCOCCC(C)OCCCN1CCOC(C)C1. The third kappa shape index (κ3) is 10.5. The molecule has 132 valence electrons. The lowest BCUT2D eigenvalue weighted by atomic mass is 10.2. The fraction of sp³-hybridized carbons (Fsp3) is 1.00. The highest BCUT2D eigenvalue weighted by Crippen LogP contribution is 2.05. The summed E-state index contributed by atoms with van der Waals surface area (Å²) in [5.74, 6) is 0. The van der Waals surface area contributed by atoms with Crippen molar-refractivity contribution < 1.29 is 18.9 Å². The molecule has 5 nitrogen and oxygen atoms in total. The van der Waals surface area contributed by atoms with E-state index in [-0.39, 0.29) is 12.2 Å². The molecular formula is C17H35NO4. The zero-order valence-electron chi connectivity index (χ0n) is 14.9. The van der Waals surface area contributed by atoms with Crippen LogP contribution in [0.2, 0.25) is 0 Å². The first-order chi connectivity index (χ1) is 10.6. The van der Waals surface area contributed by atoms with Gasteiger partial charge in [0.2, 0.25) is 0 Å². The van der Waals surface area contributed by atoms with Crippen LogP contribution < -0.4 is 0 Å². The second-order valence-electron chi connectivity index (χ2n) is 6.34. The summed E-state index contributed by atoms with van der Waals surface area (Å²) in [5.41, 5.74) is 0. The quantitative estimate of drug-likeness (QED) is 0.517. The summed E-state index contributed by atoms with van der Waals surface area (Å²) in [5, 5.41) is 0. The van der Waals surface area contributed by atoms with E-state index in [2.05, 4.69) is 18.7 Å². The molecule has 0 aliphatic carbocycles. The Morgan fingerprint density at radius 2 is 1.91 bits per heavy atom. The van der Waals surface area contributed by atoms with Crippen LogP contribution in [0.4, 0.5) is 0 Å². The number of hydrogen-bond acceptors (Lipinski definition) is 5. The van der Waals surface area contributed by atoms with Crippen molar-refractivity contribution in [3.8, 4) is 0 Å². The molecule has 0 bridgehead atoms. The number of ether oxygens (including phenoxy) is 4. The fourth-order valence-electron chi connectivity index (χ4n) is 2.44. The molecule has 0 N–H and O–H groups in total.